The molecule has 1 aliphatic rings. The van der Waals surface area contributed by atoms with Crippen LogP contribution in [0, 0.1) is 11.7 Å². The van der Waals surface area contributed by atoms with E-state index in [0.717, 1.165) is 5.56 Å². The highest BCUT2D eigenvalue weighted by atomic mass is 19.1. The highest BCUT2D eigenvalue weighted by Crippen LogP contribution is 2.27. The Bertz CT molecular complexity index is 572. The maximum Gasteiger partial charge on any atom is 0.231 e. The molecule has 0 atom stereocenters. The summed E-state index contributed by atoms with van der Waals surface area (Å²) in [6.07, 6.45) is 0. The van der Waals surface area contributed by atoms with Crippen LogP contribution < -0.4 is 5.32 Å². The minimum Gasteiger partial charge on any atom is -0.341 e. The van der Waals surface area contributed by atoms with Gasteiger partial charge in [0.15, 0.2) is 0 Å². The maximum absolute atomic E-state index is 13.7. The Morgan fingerprint density at radius 1 is 1.24 bits per heavy atom. The van der Waals surface area contributed by atoms with Crippen LogP contribution in [0.2, 0.25) is 0 Å². The highest BCUT2D eigenvalue weighted by molar-refractivity contribution is 5.94. The monoisotopic (exact) mass is 292 g/mol. The number of hydrogen-bond acceptors (Lipinski definition) is 2. The molecule has 0 saturated carbocycles. The van der Waals surface area contributed by atoms with Crippen LogP contribution in [0.25, 0.3) is 0 Å². The van der Waals surface area contributed by atoms with Gasteiger partial charge < -0.3 is 10.2 Å². The van der Waals surface area contributed by atoms with Crippen LogP contribution in [0.5, 0.6) is 0 Å². The molecule has 5 heteroatoms. The van der Waals surface area contributed by atoms with E-state index < -0.39 is 0 Å². The first kappa shape index (κ1) is 15.5. The topological polar surface area (TPSA) is 49.4 Å². The van der Waals surface area contributed by atoms with Crippen molar-refractivity contribution in [2.75, 3.05) is 18.4 Å². The molecule has 4 nitrogen and oxygen atoms in total. The summed E-state index contributed by atoms with van der Waals surface area (Å²) in [6, 6.07) is 4.59. The van der Waals surface area contributed by atoms with Crippen LogP contribution in [0.3, 0.4) is 0 Å². The Kier molecular flexibility index (Phi) is 4.03. The Balaban J connectivity index is 2.05. The zero-order chi connectivity index (χ0) is 15.8. The van der Waals surface area contributed by atoms with Gasteiger partial charge in [-0.1, -0.05) is 20.8 Å². The SMILES string of the molecule is CC(=O)N1CC(C(=O)Nc2cc(F)cc(C(C)(C)C)c2)C1. The van der Waals surface area contributed by atoms with Gasteiger partial charge in [0.25, 0.3) is 0 Å². The van der Waals surface area contributed by atoms with Crippen LogP contribution in [0.4, 0.5) is 10.1 Å². The summed E-state index contributed by atoms with van der Waals surface area (Å²) in [7, 11) is 0. The van der Waals surface area contributed by atoms with E-state index in [9.17, 15) is 14.0 Å². The third-order valence-corrected chi connectivity index (χ3v) is 3.73. The zero-order valence-corrected chi connectivity index (χ0v) is 12.9. The van der Waals surface area contributed by atoms with Gasteiger partial charge in [-0.05, 0) is 29.2 Å². The molecule has 2 rings (SSSR count). The number of hydrogen-bond donors (Lipinski definition) is 1. The molecule has 0 aromatic heterocycles. The van der Waals surface area contributed by atoms with Gasteiger partial charge in [-0.3, -0.25) is 9.59 Å². The third-order valence-electron chi connectivity index (χ3n) is 3.73. The summed E-state index contributed by atoms with van der Waals surface area (Å²) in [6.45, 7) is 8.32. The lowest BCUT2D eigenvalue weighted by Crippen LogP contribution is -2.53. The van der Waals surface area contributed by atoms with Crippen LogP contribution in [-0.2, 0) is 15.0 Å². The van der Waals surface area contributed by atoms with E-state index in [1.165, 1.54) is 19.1 Å². The van der Waals surface area contributed by atoms with Crippen molar-refractivity contribution in [1.29, 1.82) is 0 Å². The molecule has 1 heterocycles. The Morgan fingerprint density at radius 2 is 1.86 bits per heavy atom. The van der Waals surface area contributed by atoms with E-state index >= 15 is 0 Å². The summed E-state index contributed by atoms with van der Waals surface area (Å²) >= 11 is 0. The van der Waals surface area contributed by atoms with Crippen molar-refractivity contribution in [2.45, 2.75) is 33.1 Å². The first-order valence-electron chi connectivity index (χ1n) is 7.04. The van der Waals surface area contributed by atoms with Crippen LogP contribution in [0.1, 0.15) is 33.3 Å². The molecule has 0 aliphatic carbocycles. The van der Waals surface area contributed by atoms with Crippen molar-refractivity contribution in [1.82, 2.24) is 4.90 Å². The van der Waals surface area contributed by atoms with Crippen molar-refractivity contribution in [2.24, 2.45) is 5.92 Å². The second-order valence-electron chi connectivity index (χ2n) is 6.59. The number of nitrogens with one attached hydrogen (secondary N) is 1. The van der Waals surface area contributed by atoms with Gasteiger partial charge >= 0.3 is 0 Å². The van der Waals surface area contributed by atoms with E-state index in [0.29, 0.717) is 18.8 Å². The fourth-order valence-corrected chi connectivity index (χ4v) is 2.24. The fourth-order valence-electron chi connectivity index (χ4n) is 2.24. The van der Waals surface area contributed by atoms with Crippen LogP contribution in [0.15, 0.2) is 18.2 Å². The molecule has 0 unspecified atom stereocenters. The van der Waals surface area contributed by atoms with E-state index in [-0.39, 0.29) is 29.0 Å². The smallest absolute Gasteiger partial charge is 0.231 e. The van der Waals surface area contributed by atoms with Gasteiger partial charge in [-0.15, -0.1) is 0 Å². The normalized spacial score (nSPS) is 15.6. The van der Waals surface area contributed by atoms with Crippen molar-refractivity contribution in [3.63, 3.8) is 0 Å². The molecule has 1 fully saturated rings. The molecule has 1 aromatic rings. The summed E-state index contributed by atoms with van der Waals surface area (Å²) in [4.78, 5) is 24.8. The molecule has 114 valence electrons. The summed E-state index contributed by atoms with van der Waals surface area (Å²) in [5, 5.41) is 2.74. The lowest BCUT2D eigenvalue weighted by Gasteiger charge is -2.37. The van der Waals surface area contributed by atoms with Gasteiger partial charge in [0.2, 0.25) is 11.8 Å². The minimum atomic E-state index is -0.364. The lowest BCUT2D eigenvalue weighted by molar-refractivity contribution is -0.139. The van der Waals surface area contributed by atoms with Crippen LogP contribution >= 0.6 is 0 Å². The number of rotatable bonds is 2. The van der Waals surface area contributed by atoms with Crippen LogP contribution in [-0.4, -0.2) is 29.8 Å². The number of amides is 2. The molecule has 0 bridgehead atoms. The number of benzene rings is 1. The molecule has 0 radical (unpaired) electrons. The molecule has 1 aliphatic heterocycles. The van der Waals surface area contributed by atoms with Gasteiger partial charge in [0, 0.05) is 25.7 Å². The molecule has 1 saturated heterocycles. The summed E-state index contributed by atoms with van der Waals surface area (Å²) in [5.41, 5.74) is 1.10. The van der Waals surface area contributed by atoms with Crippen molar-refractivity contribution in [3.8, 4) is 0 Å². The summed E-state index contributed by atoms with van der Waals surface area (Å²) in [5.74, 6) is -0.773. The van der Waals surface area contributed by atoms with E-state index in [1.54, 1.807) is 11.0 Å². The molecule has 2 amide bonds. The largest absolute Gasteiger partial charge is 0.341 e. The van der Waals surface area contributed by atoms with Gasteiger partial charge in [-0.2, -0.15) is 0 Å². The van der Waals surface area contributed by atoms with Gasteiger partial charge in [-0.25, -0.2) is 4.39 Å². The molecular weight excluding hydrogens is 271 g/mol. The van der Waals surface area contributed by atoms with Gasteiger partial charge in [0.1, 0.15) is 5.82 Å². The Hall–Kier alpha value is -1.91. The predicted molar refractivity (Wildman–Crippen MR) is 79.5 cm³/mol. The maximum atomic E-state index is 13.7. The molecule has 1 N–H and O–H groups in total. The molecule has 21 heavy (non-hydrogen) atoms. The average Bonchev–Trinajstić information content (AvgIpc) is 2.23. The Morgan fingerprint density at radius 3 is 2.38 bits per heavy atom. The van der Waals surface area contributed by atoms with Crippen molar-refractivity contribution >= 4 is 17.5 Å². The van der Waals surface area contributed by atoms with Crippen molar-refractivity contribution in [3.05, 3.63) is 29.6 Å². The number of carbonyl (C=O) groups is 2. The van der Waals surface area contributed by atoms with Gasteiger partial charge in [0.05, 0.1) is 5.92 Å². The van der Waals surface area contributed by atoms with E-state index in [2.05, 4.69) is 5.32 Å². The number of anilines is 1. The second kappa shape index (κ2) is 5.47. The fraction of sp³-hybridized carbons (Fsp3) is 0.500. The zero-order valence-electron chi connectivity index (χ0n) is 12.9. The molecular formula is C16H21FN2O2. The minimum absolute atomic E-state index is 0.0279. The molecule has 0 spiro atoms. The quantitative estimate of drug-likeness (QED) is 0.910. The number of nitrogens with zero attached hydrogens (tertiary/aromatic N) is 1. The molecule has 1 aromatic carbocycles. The summed E-state index contributed by atoms with van der Waals surface area (Å²) < 4.78 is 13.7. The number of likely N-dealkylation sites (tertiary alicyclic amines) is 1. The predicted octanol–water partition coefficient (Wildman–Crippen LogP) is 2.54. The first-order valence-corrected chi connectivity index (χ1v) is 7.04. The highest BCUT2D eigenvalue weighted by Gasteiger charge is 2.34. The van der Waals surface area contributed by atoms with Crippen molar-refractivity contribution < 1.29 is 14.0 Å². The standard InChI is InChI=1S/C16H21FN2O2/c1-10(20)19-8-11(9-19)15(21)18-14-6-12(16(2,3)4)5-13(17)7-14/h5-7,11H,8-9H2,1-4H3,(H,18,21). The van der Waals surface area contributed by atoms with E-state index in [1.807, 2.05) is 20.8 Å². The number of halogens is 1. The first-order chi connectivity index (χ1) is 9.66. The Labute approximate surface area is 124 Å². The third kappa shape index (κ3) is 3.60. The average molecular weight is 292 g/mol. The van der Waals surface area contributed by atoms with E-state index in [4.69, 9.17) is 0 Å². The number of carbonyl (C=O) groups excluding carboxylic acids is 2. The lowest BCUT2D eigenvalue weighted by atomic mass is 9.86. The second-order valence-corrected chi connectivity index (χ2v) is 6.59.